The molecule has 112 heavy (non-hydrogen) atoms. The predicted octanol–water partition coefficient (Wildman–Crippen LogP) is 1.77. The number of esters is 8. The van der Waals surface area contributed by atoms with Gasteiger partial charge in [-0.3, -0.25) is 0 Å². The Morgan fingerprint density at radius 1 is 0.304 bits per heavy atom. The zero-order valence-corrected chi connectivity index (χ0v) is 55.0. The van der Waals surface area contributed by atoms with Crippen molar-refractivity contribution in [1.82, 2.24) is 0 Å². The summed E-state index contributed by atoms with van der Waals surface area (Å²) in [5.74, 6) is -51.3. The summed E-state index contributed by atoms with van der Waals surface area (Å²) in [5, 5.41) is 272. The molecule has 10 atom stereocenters. The highest BCUT2D eigenvalue weighted by Crippen LogP contribution is 2.58. The van der Waals surface area contributed by atoms with Gasteiger partial charge in [0.05, 0.1) is 38.9 Å². The maximum atomic E-state index is 15.4. The van der Waals surface area contributed by atoms with Crippen LogP contribution in [0, 0.1) is 0 Å². The van der Waals surface area contributed by atoms with Gasteiger partial charge in [0, 0.05) is 34.4 Å². The molecule has 4 aliphatic heterocycles. The van der Waals surface area contributed by atoms with E-state index < -0.39 is 333 Å². The smallest absolute Gasteiger partial charge is 0.342 e. The number of carbonyl (C=O) groups excluding carboxylic acids is 8. The number of carbonyl (C=O) groups is 8. The quantitative estimate of drug-likeness (QED) is 0.0527. The van der Waals surface area contributed by atoms with Crippen LogP contribution in [-0.4, -0.2) is 250 Å². The van der Waals surface area contributed by atoms with E-state index in [0.717, 1.165) is 0 Å². The molecule has 0 radical (unpaired) electrons. The fraction of sp³-hybridized carbons (Fsp3) is 0.176. The summed E-state index contributed by atoms with van der Waals surface area (Å²) >= 11 is 0. The summed E-state index contributed by atoms with van der Waals surface area (Å²) in [4.78, 5) is 116. The molecule has 12 rings (SSSR count). The highest BCUT2D eigenvalue weighted by molar-refractivity contribution is 6.10. The van der Waals surface area contributed by atoms with Gasteiger partial charge in [-0.1, -0.05) is 0 Å². The van der Waals surface area contributed by atoms with E-state index >= 15 is 9.59 Å². The number of aromatic hydroxyl groups is 23. The van der Waals surface area contributed by atoms with Crippen LogP contribution in [0.4, 0.5) is 0 Å². The molecule has 0 aromatic heterocycles. The third-order valence-electron chi connectivity index (χ3n) is 17.4. The first-order valence-corrected chi connectivity index (χ1v) is 31.1. The molecule has 0 spiro atoms. The van der Waals surface area contributed by atoms with Crippen molar-refractivity contribution < 1.29 is 218 Å². The van der Waals surface area contributed by atoms with Crippen LogP contribution in [0.5, 0.6) is 144 Å². The SMILES string of the molecule is O=C(O[C@@H]1[C@@H](OC(=O)c2cc(O)c(O)c(O)c2Oc2cc3c(c(O)c2O)-c2c(cc(O)c(O)c2O)C(=O)OC[C@H]2O[C@@H](O)[C@H](OC(=O)c4cc(O)c(O)c(O)c4)[C@@H](OC(=O)c4cc(O)c(O)c(O)c4)[C@@H]2OC3=O)[C@H](O)O[C@@H]2COC(=O)c3cc(O)c(O)c(O)c3-c3c(cc(O)c(O)c3O)C(=O)O[C@@H]12)c1cc(O)c(O)c(O)c1. The molecule has 44 nitrogen and oxygen atoms in total. The zero-order chi connectivity index (χ0) is 81.7. The van der Waals surface area contributed by atoms with Gasteiger partial charge in [-0.2, -0.15) is 0 Å². The maximum Gasteiger partial charge on any atom is 0.342 e. The Kier molecular flexibility index (Phi) is 19.3. The van der Waals surface area contributed by atoms with Gasteiger partial charge in [0.25, 0.3) is 0 Å². The van der Waals surface area contributed by atoms with Gasteiger partial charge < -0.3 is 180 Å². The van der Waals surface area contributed by atoms with Crippen molar-refractivity contribution >= 4 is 47.8 Å². The number of benzene rings is 8. The molecule has 0 bridgehead atoms. The Labute approximate surface area is 616 Å². The molecule has 44 heteroatoms. The molecule has 4 aliphatic rings. The van der Waals surface area contributed by atoms with E-state index in [4.69, 9.17) is 52.1 Å². The number of hydrogen-bond donors (Lipinski definition) is 25. The molecule has 4 heterocycles. The minimum absolute atomic E-state index is 0.135. The molecular weight excluding hydrogens is 1520 g/mol. The van der Waals surface area contributed by atoms with Crippen LogP contribution >= 0.6 is 0 Å². The number of hydrogen-bond acceptors (Lipinski definition) is 44. The molecule has 8 aromatic rings. The lowest BCUT2D eigenvalue weighted by Crippen LogP contribution is -2.62. The molecule has 25 N–H and O–H groups in total. The Balaban J connectivity index is 0.979. The second-order valence-corrected chi connectivity index (χ2v) is 24.2. The van der Waals surface area contributed by atoms with Crippen LogP contribution < -0.4 is 4.74 Å². The van der Waals surface area contributed by atoms with Gasteiger partial charge in [-0.05, 0) is 54.6 Å². The van der Waals surface area contributed by atoms with Crippen molar-refractivity contribution in [3.63, 3.8) is 0 Å². The fourth-order valence-corrected chi connectivity index (χ4v) is 11.9. The van der Waals surface area contributed by atoms with E-state index in [1.807, 2.05) is 0 Å². The second-order valence-electron chi connectivity index (χ2n) is 24.2. The van der Waals surface area contributed by atoms with Crippen LogP contribution in [0.2, 0.25) is 0 Å². The van der Waals surface area contributed by atoms with Gasteiger partial charge in [-0.15, -0.1) is 0 Å². The molecule has 0 amide bonds. The first-order valence-electron chi connectivity index (χ1n) is 31.1. The average molecular weight is 1570 g/mol. The van der Waals surface area contributed by atoms with Crippen LogP contribution in [0.3, 0.4) is 0 Å². The predicted molar refractivity (Wildman–Crippen MR) is 345 cm³/mol. The van der Waals surface area contributed by atoms with Gasteiger partial charge in [0.1, 0.15) is 31.0 Å². The van der Waals surface area contributed by atoms with Crippen molar-refractivity contribution in [2.24, 2.45) is 0 Å². The van der Waals surface area contributed by atoms with Gasteiger partial charge >= 0.3 is 47.8 Å². The number of phenols is 23. The summed E-state index contributed by atoms with van der Waals surface area (Å²) in [6.07, 6.45) is -26.5. The largest absolute Gasteiger partial charge is 0.504 e. The van der Waals surface area contributed by atoms with Crippen molar-refractivity contribution in [2.75, 3.05) is 13.2 Å². The Morgan fingerprint density at radius 3 is 0.929 bits per heavy atom. The Bertz CT molecular complexity index is 5320. The van der Waals surface area contributed by atoms with Crippen LogP contribution in [0.1, 0.15) is 82.9 Å². The minimum atomic E-state index is -2.90. The standard InChI is InChI=1S/C68H50O44/c69-22-1-14(2-23(70)39(22)79)59(92)109-55-53-33(105-67(100)57(55)111-61(94)16-5-26(73)41(81)27(74)6-16)12-103-63(96)18-8-29(76)43(83)48(88)36(18)38-20(65(98)108-53)11-32(46(86)50(38)90)104-52-21(10-31(78)45(85)51(52)91)66(99)112-58-56(110-60(93)15-3-24(71)40(80)25(72)4-15)54-34(106-68(58)101)13-102-62(95)17-7-28(75)42(82)47(87)35(17)37-19(64(97)107-54)9-30(77)44(84)49(37)89/h1-11,33-34,53-58,67-91,100-101H,12-13H2/t33-,34-,53-,54-,55+,56+,57-,58-,67-,68-/m1/s1. The van der Waals surface area contributed by atoms with E-state index in [-0.39, 0.29) is 12.1 Å². The summed E-state index contributed by atoms with van der Waals surface area (Å²) in [7, 11) is 0. The molecule has 0 saturated carbocycles. The monoisotopic (exact) mass is 1570 g/mol. The number of aliphatic hydroxyl groups excluding tert-OH is 2. The van der Waals surface area contributed by atoms with E-state index in [9.17, 15) is 156 Å². The number of rotatable bonds is 10. The van der Waals surface area contributed by atoms with Crippen molar-refractivity contribution in [1.29, 1.82) is 0 Å². The number of phenolic OH excluding ortho intramolecular Hbond substituents is 23. The number of ether oxygens (including phenoxy) is 11. The number of fused-ring (bicyclic) bond motifs is 8. The number of cyclic esters (lactones) is 2. The van der Waals surface area contributed by atoms with E-state index in [1.54, 1.807) is 0 Å². The van der Waals surface area contributed by atoms with E-state index in [0.29, 0.717) is 54.6 Å². The highest BCUT2D eigenvalue weighted by atomic mass is 16.7. The minimum Gasteiger partial charge on any atom is -0.504 e. The Hall–Kier alpha value is -15.4. The lowest BCUT2D eigenvalue weighted by atomic mass is 9.91. The summed E-state index contributed by atoms with van der Waals surface area (Å²) in [6.45, 7) is -2.76. The highest BCUT2D eigenvalue weighted by Gasteiger charge is 2.56. The zero-order valence-electron chi connectivity index (χ0n) is 55.0. The molecule has 2 fully saturated rings. The lowest BCUT2D eigenvalue weighted by Gasteiger charge is -2.42. The van der Waals surface area contributed by atoms with E-state index in [1.165, 1.54) is 0 Å². The van der Waals surface area contributed by atoms with E-state index in [2.05, 4.69) is 0 Å². The Morgan fingerprint density at radius 2 is 0.580 bits per heavy atom. The third kappa shape index (κ3) is 13.2. The van der Waals surface area contributed by atoms with Gasteiger partial charge in [-0.25, -0.2) is 38.4 Å². The van der Waals surface area contributed by atoms with Gasteiger partial charge in [0.2, 0.25) is 34.5 Å². The maximum absolute atomic E-state index is 15.4. The third-order valence-corrected chi connectivity index (χ3v) is 17.4. The second kappa shape index (κ2) is 28.4. The fourth-order valence-electron chi connectivity index (χ4n) is 11.9. The average Bonchev–Trinajstić information content (AvgIpc) is 1.09. The molecule has 0 unspecified atom stereocenters. The first kappa shape index (κ1) is 76.2. The number of aliphatic hydroxyl groups is 2. The van der Waals surface area contributed by atoms with Crippen LogP contribution in [0.25, 0.3) is 22.3 Å². The van der Waals surface area contributed by atoms with Crippen molar-refractivity contribution in [2.45, 2.75) is 61.4 Å². The van der Waals surface area contributed by atoms with Crippen molar-refractivity contribution in [3.05, 3.63) is 111 Å². The summed E-state index contributed by atoms with van der Waals surface area (Å²) in [6, 6.07) is 4.10. The lowest BCUT2D eigenvalue weighted by molar-refractivity contribution is -0.284. The normalized spacial score (nSPS) is 20.7. The van der Waals surface area contributed by atoms with Crippen molar-refractivity contribution in [3.8, 4) is 166 Å². The summed E-state index contributed by atoms with van der Waals surface area (Å²) < 4.78 is 61.1. The van der Waals surface area contributed by atoms with Gasteiger partial charge in [0.15, 0.2) is 158 Å². The summed E-state index contributed by atoms with van der Waals surface area (Å²) in [5.41, 5.74) is -14.4. The molecule has 586 valence electrons. The molecule has 8 aromatic carbocycles. The molecule has 0 aliphatic carbocycles. The van der Waals surface area contributed by atoms with Crippen LogP contribution in [0.15, 0.2) is 66.7 Å². The first-order chi connectivity index (χ1) is 52.7. The molecule has 2 saturated heterocycles. The van der Waals surface area contributed by atoms with Crippen LogP contribution in [-0.2, 0) is 47.4 Å². The topological polar surface area (TPSA) is 744 Å². The molecular formula is C68H50O44.